The Morgan fingerprint density at radius 3 is 2.60 bits per heavy atom. The van der Waals surface area contributed by atoms with Crippen LogP contribution in [0.1, 0.15) is 23.7 Å². The van der Waals surface area contributed by atoms with Gasteiger partial charge in [-0.15, -0.1) is 0 Å². The molecule has 2 aromatic rings. The maximum absolute atomic E-state index is 12.4. The second-order valence-corrected chi connectivity index (χ2v) is 6.26. The molecule has 1 aromatic heterocycles. The first-order chi connectivity index (χ1) is 12.1. The van der Waals surface area contributed by atoms with Crippen LogP contribution in [0, 0.1) is 0 Å². The lowest BCUT2D eigenvalue weighted by molar-refractivity contribution is -0.145. The van der Waals surface area contributed by atoms with Gasteiger partial charge < -0.3 is 16.0 Å². The fraction of sp³-hybridized carbons (Fsp3) is 0.316. The Morgan fingerprint density at radius 2 is 1.96 bits per heavy atom. The molecule has 2 atom stereocenters. The van der Waals surface area contributed by atoms with Crippen molar-refractivity contribution in [3.05, 3.63) is 66.0 Å². The number of rotatable bonds is 4. The van der Waals surface area contributed by atoms with Crippen LogP contribution < -0.4 is 11.1 Å². The van der Waals surface area contributed by atoms with Crippen LogP contribution in [0.5, 0.6) is 0 Å². The summed E-state index contributed by atoms with van der Waals surface area (Å²) in [5.41, 5.74) is 7.62. The van der Waals surface area contributed by atoms with Gasteiger partial charge in [0, 0.05) is 37.4 Å². The zero-order valence-corrected chi connectivity index (χ0v) is 14.0. The lowest BCUT2D eigenvalue weighted by Crippen LogP contribution is -2.44. The van der Waals surface area contributed by atoms with Crippen LogP contribution in [-0.4, -0.2) is 40.8 Å². The topological polar surface area (TPSA) is 88.3 Å². The molecule has 130 valence electrons. The molecule has 1 fully saturated rings. The fourth-order valence-corrected chi connectivity index (χ4v) is 3.00. The highest BCUT2D eigenvalue weighted by molar-refractivity contribution is 6.35. The molecule has 3 rings (SSSR count). The van der Waals surface area contributed by atoms with E-state index in [-0.39, 0.29) is 12.1 Å². The number of benzene rings is 1. The molecule has 1 saturated heterocycles. The number of hydrogen-bond donors (Lipinski definition) is 2. The van der Waals surface area contributed by atoms with E-state index < -0.39 is 11.8 Å². The summed E-state index contributed by atoms with van der Waals surface area (Å²) in [7, 11) is 0. The van der Waals surface area contributed by atoms with Crippen molar-refractivity contribution in [3.8, 4) is 0 Å². The number of pyridine rings is 1. The number of nitrogens with one attached hydrogen (secondary N) is 1. The van der Waals surface area contributed by atoms with Gasteiger partial charge in [0.25, 0.3) is 0 Å². The highest BCUT2D eigenvalue weighted by Gasteiger charge is 2.29. The average molecular weight is 338 g/mol. The fourth-order valence-electron chi connectivity index (χ4n) is 3.00. The van der Waals surface area contributed by atoms with Crippen molar-refractivity contribution in [3.63, 3.8) is 0 Å². The Morgan fingerprint density at radius 1 is 1.20 bits per heavy atom. The number of hydrogen-bond acceptors (Lipinski definition) is 4. The van der Waals surface area contributed by atoms with Crippen molar-refractivity contribution in [2.75, 3.05) is 13.1 Å². The van der Waals surface area contributed by atoms with Gasteiger partial charge in [-0.25, -0.2) is 0 Å². The number of amides is 2. The van der Waals surface area contributed by atoms with E-state index in [2.05, 4.69) is 10.3 Å². The third kappa shape index (κ3) is 4.42. The van der Waals surface area contributed by atoms with Gasteiger partial charge in [0.05, 0.1) is 6.04 Å². The van der Waals surface area contributed by atoms with E-state index in [0.717, 1.165) is 17.7 Å². The maximum atomic E-state index is 12.4. The van der Waals surface area contributed by atoms with E-state index in [1.165, 1.54) is 4.90 Å². The Kier molecular flexibility index (Phi) is 5.40. The highest BCUT2D eigenvalue weighted by Crippen LogP contribution is 2.18. The molecule has 2 amide bonds. The van der Waals surface area contributed by atoms with Gasteiger partial charge in [-0.3, -0.25) is 14.6 Å². The molecule has 0 aliphatic carbocycles. The van der Waals surface area contributed by atoms with Crippen molar-refractivity contribution >= 4 is 11.8 Å². The molecule has 0 saturated carbocycles. The summed E-state index contributed by atoms with van der Waals surface area (Å²) in [5, 5.41) is 2.86. The quantitative estimate of drug-likeness (QED) is 0.816. The Hall–Kier alpha value is -2.73. The summed E-state index contributed by atoms with van der Waals surface area (Å²) >= 11 is 0. The molecule has 6 heteroatoms. The van der Waals surface area contributed by atoms with Crippen LogP contribution >= 0.6 is 0 Å². The van der Waals surface area contributed by atoms with Crippen molar-refractivity contribution in [2.45, 2.75) is 24.9 Å². The van der Waals surface area contributed by atoms with E-state index >= 15 is 0 Å². The number of carbonyl (C=O) groups excluding carboxylic acids is 2. The summed E-state index contributed by atoms with van der Waals surface area (Å²) in [4.78, 5) is 30.6. The highest BCUT2D eigenvalue weighted by atomic mass is 16.2. The first-order valence-corrected chi connectivity index (χ1v) is 8.43. The molecular weight excluding hydrogens is 316 g/mol. The first-order valence-electron chi connectivity index (χ1n) is 8.43. The first kappa shape index (κ1) is 17.1. The molecule has 2 heterocycles. The smallest absolute Gasteiger partial charge is 0.311 e. The number of likely N-dealkylation sites (tertiary alicyclic amines) is 1. The van der Waals surface area contributed by atoms with E-state index in [4.69, 9.17) is 5.73 Å². The zero-order valence-electron chi connectivity index (χ0n) is 14.0. The van der Waals surface area contributed by atoms with Crippen molar-refractivity contribution in [2.24, 2.45) is 5.73 Å². The molecule has 2 unspecified atom stereocenters. The van der Waals surface area contributed by atoms with E-state index in [0.29, 0.717) is 19.5 Å². The zero-order chi connectivity index (χ0) is 17.6. The molecule has 25 heavy (non-hydrogen) atoms. The number of carbonyl (C=O) groups is 2. The van der Waals surface area contributed by atoms with Gasteiger partial charge in [-0.1, -0.05) is 36.4 Å². The van der Waals surface area contributed by atoms with Crippen LogP contribution in [0.4, 0.5) is 0 Å². The van der Waals surface area contributed by atoms with Crippen molar-refractivity contribution < 1.29 is 9.59 Å². The van der Waals surface area contributed by atoms with Crippen LogP contribution in [0.25, 0.3) is 0 Å². The van der Waals surface area contributed by atoms with Gasteiger partial charge in [-0.05, 0) is 24.1 Å². The predicted octanol–water partition coefficient (Wildman–Crippen LogP) is 1.04. The number of nitrogens with zero attached hydrogens (tertiary/aromatic N) is 2. The van der Waals surface area contributed by atoms with Crippen LogP contribution in [-0.2, 0) is 16.0 Å². The molecule has 0 radical (unpaired) electrons. The lowest BCUT2D eigenvalue weighted by atomic mass is 10.0. The summed E-state index contributed by atoms with van der Waals surface area (Å²) < 4.78 is 0. The summed E-state index contributed by atoms with van der Waals surface area (Å²) in [6.45, 7) is 0.964. The third-order valence-corrected chi connectivity index (χ3v) is 4.35. The molecule has 3 N–H and O–H groups in total. The van der Waals surface area contributed by atoms with Gasteiger partial charge >= 0.3 is 11.8 Å². The normalized spacial score (nSPS) is 18.0. The van der Waals surface area contributed by atoms with Crippen LogP contribution in [0.15, 0.2) is 54.7 Å². The summed E-state index contributed by atoms with van der Waals surface area (Å²) in [6, 6.07) is 14.9. The SMILES string of the molecule is NC1CCN(C(=O)C(=O)NC(Cc2ccccn2)c2ccccc2)C1. The minimum absolute atomic E-state index is 0.0461. The Balaban J connectivity index is 1.73. The standard InChI is InChI=1S/C19H22N4O2/c20-15-9-11-23(13-15)19(25)18(24)22-17(14-6-2-1-3-7-14)12-16-8-4-5-10-21-16/h1-8,10,15,17H,9,11-13,20H2,(H,22,24). The third-order valence-electron chi connectivity index (χ3n) is 4.35. The maximum Gasteiger partial charge on any atom is 0.311 e. The molecular formula is C19H22N4O2. The molecule has 1 aromatic carbocycles. The van der Waals surface area contributed by atoms with Crippen LogP contribution in [0.2, 0.25) is 0 Å². The lowest BCUT2D eigenvalue weighted by Gasteiger charge is -2.21. The van der Waals surface area contributed by atoms with E-state index in [1.54, 1.807) is 6.20 Å². The Bertz CT molecular complexity index is 721. The summed E-state index contributed by atoms with van der Waals surface area (Å²) in [6.07, 6.45) is 2.97. The van der Waals surface area contributed by atoms with Gasteiger partial charge in [0.15, 0.2) is 0 Å². The van der Waals surface area contributed by atoms with Gasteiger partial charge in [0.1, 0.15) is 0 Å². The molecule has 0 spiro atoms. The van der Waals surface area contributed by atoms with Gasteiger partial charge in [0.2, 0.25) is 0 Å². The van der Waals surface area contributed by atoms with E-state index in [9.17, 15) is 9.59 Å². The minimum atomic E-state index is -0.598. The van der Waals surface area contributed by atoms with Crippen molar-refractivity contribution in [1.29, 1.82) is 0 Å². The predicted molar refractivity (Wildman–Crippen MR) is 94.4 cm³/mol. The number of aromatic nitrogens is 1. The van der Waals surface area contributed by atoms with Crippen molar-refractivity contribution in [1.82, 2.24) is 15.2 Å². The number of nitrogens with two attached hydrogens (primary N) is 1. The van der Waals surface area contributed by atoms with Crippen LogP contribution in [0.3, 0.4) is 0 Å². The average Bonchev–Trinajstić information content (AvgIpc) is 3.08. The largest absolute Gasteiger partial charge is 0.341 e. The molecule has 6 nitrogen and oxygen atoms in total. The molecule has 1 aliphatic heterocycles. The summed E-state index contributed by atoms with van der Waals surface area (Å²) in [5.74, 6) is -1.12. The molecule has 1 aliphatic rings. The molecule has 0 bridgehead atoms. The second kappa shape index (κ2) is 7.90. The monoisotopic (exact) mass is 338 g/mol. The van der Waals surface area contributed by atoms with Gasteiger partial charge in [-0.2, -0.15) is 0 Å². The Labute approximate surface area is 147 Å². The second-order valence-electron chi connectivity index (χ2n) is 6.26. The minimum Gasteiger partial charge on any atom is -0.341 e. The van der Waals surface area contributed by atoms with E-state index in [1.807, 2.05) is 48.5 Å².